The number of piperazine rings is 1. The molecule has 1 heterocycles. The van der Waals surface area contributed by atoms with Gasteiger partial charge in [0.2, 0.25) is 0 Å². The molecule has 1 saturated heterocycles. The van der Waals surface area contributed by atoms with Gasteiger partial charge in [-0.2, -0.15) is 0 Å². The number of benzene rings is 1. The van der Waals surface area contributed by atoms with E-state index < -0.39 is 17.0 Å². The van der Waals surface area contributed by atoms with Crippen molar-refractivity contribution in [1.82, 2.24) is 10.2 Å². The molecule has 1 aliphatic heterocycles. The first kappa shape index (κ1) is 18.3. The van der Waals surface area contributed by atoms with Crippen molar-refractivity contribution in [2.45, 2.75) is 19.9 Å². The van der Waals surface area contributed by atoms with Gasteiger partial charge in [0.1, 0.15) is 0 Å². The van der Waals surface area contributed by atoms with Crippen LogP contribution in [0.15, 0.2) is 18.2 Å². The second kappa shape index (κ2) is 7.49. The summed E-state index contributed by atoms with van der Waals surface area (Å²) in [4.78, 5) is 2.12. The zero-order valence-corrected chi connectivity index (χ0v) is 13.2. The summed E-state index contributed by atoms with van der Waals surface area (Å²) >= 11 is 0. The van der Waals surface area contributed by atoms with Crippen LogP contribution >= 0.6 is 12.4 Å². The van der Waals surface area contributed by atoms with Crippen LogP contribution in [-0.4, -0.2) is 42.8 Å². The highest BCUT2D eigenvalue weighted by Crippen LogP contribution is 2.39. The zero-order chi connectivity index (χ0) is 14.8. The number of rotatable bonds is 4. The summed E-state index contributed by atoms with van der Waals surface area (Å²) in [6.45, 7) is 6.81. The van der Waals surface area contributed by atoms with Crippen molar-refractivity contribution in [3.05, 3.63) is 35.4 Å². The Morgan fingerprint density at radius 1 is 1.29 bits per heavy atom. The van der Waals surface area contributed by atoms with E-state index in [9.17, 15) is 13.9 Å². The second-order valence-electron chi connectivity index (χ2n) is 5.98. The molecule has 2 N–H and O–H groups in total. The van der Waals surface area contributed by atoms with Crippen LogP contribution in [0, 0.1) is 17.0 Å². The van der Waals surface area contributed by atoms with E-state index in [1.807, 2.05) is 13.8 Å². The van der Waals surface area contributed by atoms with E-state index in [4.69, 9.17) is 0 Å². The average molecular weight is 321 g/mol. The highest BCUT2D eigenvalue weighted by molar-refractivity contribution is 5.85. The number of hydrogen-bond donors (Lipinski definition) is 2. The largest absolute Gasteiger partial charge is 0.396 e. The Bertz CT molecular complexity index is 465. The molecule has 0 bridgehead atoms. The van der Waals surface area contributed by atoms with Crippen LogP contribution in [0.2, 0.25) is 0 Å². The van der Waals surface area contributed by atoms with Gasteiger partial charge in [-0.3, -0.25) is 4.90 Å². The predicted octanol–water partition coefficient (Wildman–Crippen LogP) is 2.35. The lowest BCUT2D eigenvalue weighted by atomic mass is 9.79. The molecule has 0 spiro atoms. The number of nitrogens with zero attached hydrogens (tertiary/aromatic N) is 1. The van der Waals surface area contributed by atoms with E-state index in [0.29, 0.717) is 5.56 Å². The van der Waals surface area contributed by atoms with Crippen molar-refractivity contribution >= 4 is 12.4 Å². The van der Waals surface area contributed by atoms with Gasteiger partial charge in [0, 0.05) is 49.8 Å². The maximum absolute atomic E-state index is 14.2. The Balaban J connectivity index is 0.00000220. The Morgan fingerprint density at radius 2 is 1.90 bits per heavy atom. The number of aliphatic hydroxyl groups is 1. The van der Waals surface area contributed by atoms with Crippen LogP contribution in [-0.2, 0) is 0 Å². The molecule has 120 valence electrons. The molecule has 1 fully saturated rings. The monoisotopic (exact) mass is 320 g/mol. The van der Waals surface area contributed by atoms with Gasteiger partial charge in [0.15, 0.2) is 11.6 Å². The highest BCUT2D eigenvalue weighted by Gasteiger charge is 2.37. The lowest BCUT2D eigenvalue weighted by molar-refractivity contribution is 0.0283. The van der Waals surface area contributed by atoms with Crippen LogP contribution in [0.1, 0.15) is 25.5 Å². The molecule has 0 aromatic heterocycles. The molecule has 0 amide bonds. The molecular formula is C15H23ClF2N2O. The Morgan fingerprint density at radius 3 is 2.48 bits per heavy atom. The molecule has 21 heavy (non-hydrogen) atoms. The van der Waals surface area contributed by atoms with Crippen LogP contribution in [0.4, 0.5) is 8.78 Å². The maximum Gasteiger partial charge on any atom is 0.163 e. The standard InChI is InChI=1S/C15H22F2N2O.ClH/c1-15(2,10-20)14(19-8-6-18-7-9-19)11-4-3-5-12(16)13(11)17;/h3-5,14,18,20H,6-10H2,1-2H3;1H/t14-;/m0./s1. The minimum absolute atomic E-state index is 0. The van der Waals surface area contributed by atoms with Crippen molar-refractivity contribution < 1.29 is 13.9 Å². The van der Waals surface area contributed by atoms with E-state index in [-0.39, 0.29) is 25.1 Å². The average Bonchev–Trinajstić information content (AvgIpc) is 2.45. The number of aliphatic hydroxyl groups excluding tert-OH is 1. The van der Waals surface area contributed by atoms with E-state index in [0.717, 1.165) is 32.2 Å². The second-order valence-corrected chi connectivity index (χ2v) is 5.98. The summed E-state index contributed by atoms with van der Waals surface area (Å²) in [6, 6.07) is 3.92. The lowest BCUT2D eigenvalue weighted by Gasteiger charge is -2.43. The smallest absolute Gasteiger partial charge is 0.163 e. The third-order valence-corrected chi connectivity index (χ3v) is 3.94. The van der Waals surface area contributed by atoms with Crippen LogP contribution in [0.5, 0.6) is 0 Å². The SMILES string of the molecule is CC(C)(CO)[C@H](c1cccc(F)c1F)N1CCNCC1.Cl. The first-order chi connectivity index (χ1) is 9.47. The van der Waals surface area contributed by atoms with Crippen molar-refractivity contribution in [2.75, 3.05) is 32.8 Å². The molecule has 0 radical (unpaired) electrons. The van der Waals surface area contributed by atoms with Gasteiger partial charge in [0.05, 0.1) is 0 Å². The van der Waals surface area contributed by atoms with Gasteiger partial charge in [-0.1, -0.05) is 26.0 Å². The molecule has 0 saturated carbocycles. The Hall–Kier alpha value is -0.750. The van der Waals surface area contributed by atoms with Crippen molar-refractivity contribution in [2.24, 2.45) is 5.41 Å². The molecule has 2 rings (SSSR count). The third kappa shape index (κ3) is 3.92. The third-order valence-electron chi connectivity index (χ3n) is 3.94. The first-order valence-corrected chi connectivity index (χ1v) is 6.97. The lowest BCUT2D eigenvalue weighted by Crippen LogP contribution is -2.49. The van der Waals surface area contributed by atoms with Crippen molar-refractivity contribution in [3.8, 4) is 0 Å². The minimum atomic E-state index is -0.837. The molecule has 0 aliphatic carbocycles. The number of halogens is 3. The van der Waals surface area contributed by atoms with E-state index >= 15 is 0 Å². The van der Waals surface area contributed by atoms with Gasteiger partial charge in [0.25, 0.3) is 0 Å². The quantitative estimate of drug-likeness (QED) is 0.894. The summed E-state index contributed by atoms with van der Waals surface area (Å²) < 4.78 is 27.7. The molecule has 1 aromatic carbocycles. The zero-order valence-electron chi connectivity index (χ0n) is 12.4. The summed E-state index contributed by atoms with van der Waals surface area (Å²) in [5.41, 5.74) is -0.225. The van der Waals surface area contributed by atoms with Gasteiger partial charge in [-0.15, -0.1) is 12.4 Å². The molecule has 1 aromatic rings. The molecule has 1 atom stereocenters. The molecule has 3 nitrogen and oxygen atoms in total. The maximum atomic E-state index is 14.2. The molecule has 0 unspecified atom stereocenters. The van der Waals surface area contributed by atoms with Crippen LogP contribution < -0.4 is 5.32 Å². The predicted molar refractivity (Wildman–Crippen MR) is 81.7 cm³/mol. The Labute approximate surface area is 130 Å². The number of hydrogen-bond acceptors (Lipinski definition) is 3. The fourth-order valence-corrected chi connectivity index (χ4v) is 2.87. The van der Waals surface area contributed by atoms with Gasteiger partial charge >= 0.3 is 0 Å². The highest BCUT2D eigenvalue weighted by atomic mass is 35.5. The van der Waals surface area contributed by atoms with Crippen LogP contribution in [0.25, 0.3) is 0 Å². The number of nitrogens with one attached hydrogen (secondary N) is 1. The Kier molecular flexibility index (Phi) is 6.53. The van der Waals surface area contributed by atoms with E-state index in [2.05, 4.69) is 10.2 Å². The summed E-state index contributed by atoms with van der Waals surface area (Å²) in [7, 11) is 0. The van der Waals surface area contributed by atoms with E-state index in [1.165, 1.54) is 6.07 Å². The van der Waals surface area contributed by atoms with Gasteiger partial charge < -0.3 is 10.4 Å². The van der Waals surface area contributed by atoms with Crippen LogP contribution in [0.3, 0.4) is 0 Å². The normalized spacial score (nSPS) is 18.1. The van der Waals surface area contributed by atoms with Gasteiger partial charge in [-0.05, 0) is 6.07 Å². The van der Waals surface area contributed by atoms with E-state index in [1.54, 1.807) is 6.07 Å². The fourth-order valence-electron chi connectivity index (χ4n) is 2.87. The van der Waals surface area contributed by atoms with Crippen molar-refractivity contribution in [1.29, 1.82) is 0 Å². The summed E-state index contributed by atoms with van der Waals surface area (Å²) in [5, 5.41) is 12.9. The summed E-state index contributed by atoms with van der Waals surface area (Å²) in [5.74, 6) is -1.64. The first-order valence-electron chi connectivity index (χ1n) is 6.97. The van der Waals surface area contributed by atoms with Crippen molar-refractivity contribution in [3.63, 3.8) is 0 Å². The van der Waals surface area contributed by atoms with Gasteiger partial charge in [-0.25, -0.2) is 8.78 Å². The topological polar surface area (TPSA) is 35.5 Å². The summed E-state index contributed by atoms with van der Waals surface area (Å²) in [6.07, 6.45) is 0. The molecular weight excluding hydrogens is 298 g/mol. The molecule has 1 aliphatic rings. The fraction of sp³-hybridized carbons (Fsp3) is 0.600. The minimum Gasteiger partial charge on any atom is -0.396 e. The molecule has 6 heteroatoms.